The van der Waals surface area contributed by atoms with E-state index in [1.807, 2.05) is 6.92 Å². The van der Waals surface area contributed by atoms with Gasteiger partial charge in [-0.05, 0) is 73.4 Å². The van der Waals surface area contributed by atoms with Gasteiger partial charge in [0.05, 0.1) is 41.8 Å². The Morgan fingerprint density at radius 3 is 2.06 bits per heavy atom. The van der Waals surface area contributed by atoms with Gasteiger partial charge in [0, 0.05) is 38.5 Å². The molecule has 3 aliphatic carbocycles. The Kier molecular flexibility index (Phi) is 14.5. The number of benzene rings is 3. The minimum absolute atomic E-state index is 0.00645. The summed E-state index contributed by atoms with van der Waals surface area (Å²) in [4.78, 5) is 96.6. The molecule has 3 aromatic carbocycles. The van der Waals surface area contributed by atoms with Gasteiger partial charge in [-0.1, -0.05) is 75.7 Å². The molecule has 0 spiro atoms. The number of aliphatic hydroxyl groups excluding tert-OH is 1. The number of carbonyl (C=O) groups is 7. The van der Waals surface area contributed by atoms with Crippen molar-refractivity contribution in [3.05, 3.63) is 113 Å². The van der Waals surface area contributed by atoms with Crippen LogP contribution >= 0.6 is 0 Å². The van der Waals surface area contributed by atoms with Gasteiger partial charge in [-0.25, -0.2) is 19.2 Å². The van der Waals surface area contributed by atoms with E-state index in [0.717, 1.165) is 20.3 Å². The molecule has 2 saturated carbocycles. The fourth-order valence-corrected chi connectivity index (χ4v) is 10.5. The molecule has 69 heavy (non-hydrogen) atoms. The molecule has 2 N–H and O–H groups in total. The van der Waals surface area contributed by atoms with Crippen LogP contribution in [0.4, 0.5) is 4.79 Å². The van der Waals surface area contributed by atoms with Crippen molar-refractivity contribution in [3.63, 3.8) is 0 Å². The average Bonchev–Trinajstić information content (AvgIpc) is 3.30. The molecular weight excluding hydrogens is 897 g/mol. The quantitative estimate of drug-likeness (QED) is 0.0621. The lowest BCUT2D eigenvalue weighted by Crippen LogP contribution is -2.82. The normalized spacial score (nSPS) is 29.2. The van der Waals surface area contributed by atoms with Gasteiger partial charge in [0.15, 0.2) is 17.5 Å². The Labute approximate surface area is 399 Å². The number of ether oxygens (including phenoxy) is 8. The Morgan fingerprint density at radius 1 is 0.826 bits per heavy atom. The predicted molar refractivity (Wildman–Crippen MR) is 241 cm³/mol. The number of Topliss-reactive ketones (excluding diaryl/α,β-unsaturated/α-hetero) is 1. The second-order valence-electron chi connectivity index (χ2n) is 18.8. The maximum Gasteiger partial charge on any atom is 0.514 e. The van der Waals surface area contributed by atoms with E-state index in [2.05, 4.69) is 0 Å². The molecule has 17 heteroatoms. The highest BCUT2D eigenvalue weighted by molar-refractivity contribution is 5.96. The highest BCUT2D eigenvalue weighted by Crippen LogP contribution is 2.64. The van der Waals surface area contributed by atoms with E-state index in [0.29, 0.717) is 12.0 Å². The van der Waals surface area contributed by atoms with Crippen molar-refractivity contribution >= 4 is 41.8 Å². The number of hydrogen-bond acceptors (Lipinski definition) is 17. The van der Waals surface area contributed by atoms with E-state index >= 15 is 4.79 Å². The van der Waals surface area contributed by atoms with E-state index in [1.54, 1.807) is 62.4 Å². The van der Waals surface area contributed by atoms with Gasteiger partial charge in [0.25, 0.3) is 0 Å². The summed E-state index contributed by atoms with van der Waals surface area (Å²) in [6.45, 7) is 10.2. The van der Waals surface area contributed by atoms with Gasteiger partial charge in [-0.2, -0.15) is 0 Å². The van der Waals surface area contributed by atoms with Crippen LogP contribution in [0.1, 0.15) is 100 Å². The summed E-state index contributed by atoms with van der Waals surface area (Å²) in [6.07, 6.45) is -10.2. The van der Waals surface area contributed by atoms with Crippen LogP contribution in [-0.4, -0.2) is 113 Å². The summed E-state index contributed by atoms with van der Waals surface area (Å²) < 4.78 is 46.8. The second kappa shape index (κ2) is 19.9. The van der Waals surface area contributed by atoms with Crippen LogP contribution in [0, 0.1) is 16.7 Å². The smallest absolute Gasteiger partial charge is 0.462 e. The topological polar surface area (TPSA) is 234 Å². The van der Waals surface area contributed by atoms with Crippen LogP contribution in [0.3, 0.4) is 0 Å². The number of hydrogen-bond donors (Lipinski definition) is 2. The first-order valence-electron chi connectivity index (χ1n) is 23.0. The Balaban J connectivity index is 1.30. The molecule has 0 amide bonds. The number of esters is 5. The molecule has 2 bridgehead atoms. The molecule has 1 heterocycles. The molecule has 17 nitrogen and oxygen atoms in total. The van der Waals surface area contributed by atoms with Crippen molar-refractivity contribution in [2.75, 3.05) is 13.2 Å². The largest absolute Gasteiger partial charge is 0.514 e. The molecule has 0 aromatic heterocycles. The van der Waals surface area contributed by atoms with Gasteiger partial charge in [-0.15, -0.1) is 0 Å². The molecule has 1 aliphatic heterocycles. The van der Waals surface area contributed by atoms with Crippen molar-refractivity contribution in [2.45, 2.75) is 128 Å². The predicted octanol–water partition coefficient (Wildman–Crippen LogP) is 5.99. The zero-order valence-corrected chi connectivity index (χ0v) is 39.6. The summed E-state index contributed by atoms with van der Waals surface area (Å²) in [5.41, 5.74) is -6.94. The number of unbranched alkanes of at least 4 members (excludes halogenated alkanes) is 1. The molecule has 3 fully saturated rings. The molecular formula is C52H58O17. The third kappa shape index (κ3) is 9.51. The Hall–Kier alpha value is -6.43. The van der Waals surface area contributed by atoms with Crippen LogP contribution in [-0.2, 0) is 58.8 Å². The monoisotopic (exact) mass is 954 g/mol. The summed E-state index contributed by atoms with van der Waals surface area (Å²) >= 11 is 0. The van der Waals surface area contributed by atoms with Crippen molar-refractivity contribution < 1.29 is 81.7 Å². The Bertz CT molecular complexity index is 2480. The molecule has 7 rings (SSSR count). The highest BCUT2D eigenvalue weighted by atomic mass is 16.7. The lowest BCUT2D eigenvalue weighted by molar-refractivity contribution is -0.346. The SMILES string of the molecule is CCCCOC(=O)c1ccc(OC(=O)O[C@H](Cc2ccccc2)C(=O)O[C@H]2C[C@@]3(O)[C@@H](OC(=O)c4ccccc4)[C@@H]4[C@]5(OC(C)=O)CO[C@@H]5C[C@H](O)[C@@]4(C)C(=O)[C@H](OC(C)=O)C(=C2C)C3(C)C)cc1. The summed E-state index contributed by atoms with van der Waals surface area (Å²) in [5, 5.41) is 25.9. The molecule has 4 aliphatic rings. The van der Waals surface area contributed by atoms with Crippen LogP contribution in [0.5, 0.6) is 5.75 Å². The lowest BCUT2D eigenvalue weighted by Gasteiger charge is -2.67. The van der Waals surface area contributed by atoms with Crippen LogP contribution < -0.4 is 4.74 Å². The van der Waals surface area contributed by atoms with Crippen LogP contribution in [0.2, 0.25) is 0 Å². The van der Waals surface area contributed by atoms with E-state index < -0.39 is 113 Å². The van der Waals surface area contributed by atoms with Gasteiger partial charge in [-0.3, -0.25) is 14.4 Å². The first kappa shape index (κ1) is 50.4. The standard InChI is InChI=1S/C52H58O17/c1-8-9-24-62-45(57)34-20-22-35(23-21-34)65-48(60)67-36(25-32-16-12-10-13-17-32)47(59)66-37-27-52(61)44(68-46(58)33-18-14-11-15-19-33)42-50(7,38(55)26-39-51(42,28-63-39)69-31(4)54)43(56)41(64-30(3)53)40(29(37)2)49(52,5)6/h10-23,36-39,41-42,44,55,61H,8-9,24-28H2,1-7H3/t36-,37+,38+,39-,41-,42+,44+,50-,51+,52-/m1/s1. The molecule has 10 atom stereocenters. The summed E-state index contributed by atoms with van der Waals surface area (Å²) in [6, 6.07) is 21.9. The lowest BCUT2D eigenvalue weighted by atomic mass is 9.44. The van der Waals surface area contributed by atoms with Gasteiger partial charge in [0.2, 0.25) is 6.10 Å². The van der Waals surface area contributed by atoms with E-state index in [-0.39, 0.29) is 54.1 Å². The highest BCUT2D eigenvalue weighted by Gasteiger charge is 2.78. The average molecular weight is 955 g/mol. The maximum atomic E-state index is 15.6. The van der Waals surface area contributed by atoms with Crippen LogP contribution in [0.15, 0.2) is 96.1 Å². The number of carbonyl (C=O) groups excluding carboxylic acids is 7. The van der Waals surface area contributed by atoms with E-state index in [4.69, 9.17) is 37.9 Å². The fraction of sp³-hybridized carbons (Fsp3) is 0.481. The summed E-state index contributed by atoms with van der Waals surface area (Å²) in [7, 11) is 0. The number of rotatable bonds is 14. The second-order valence-corrected chi connectivity index (χ2v) is 18.8. The molecule has 368 valence electrons. The van der Waals surface area contributed by atoms with Crippen molar-refractivity contribution in [1.82, 2.24) is 0 Å². The minimum atomic E-state index is -2.41. The molecule has 3 aromatic rings. The van der Waals surface area contributed by atoms with E-state index in [9.17, 15) is 39.0 Å². The van der Waals surface area contributed by atoms with Crippen molar-refractivity contribution in [3.8, 4) is 5.75 Å². The minimum Gasteiger partial charge on any atom is -0.462 e. The number of aliphatic hydroxyl groups is 2. The van der Waals surface area contributed by atoms with Crippen molar-refractivity contribution in [2.24, 2.45) is 16.7 Å². The Morgan fingerprint density at radius 2 is 1.46 bits per heavy atom. The molecule has 0 radical (unpaired) electrons. The molecule has 1 saturated heterocycles. The first-order chi connectivity index (χ1) is 32.7. The van der Waals surface area contributed by atoms with Gasteiger partial charge >= 0.3 is 36.0 Å². The van der Waals surface area contributed by atoms with Gasteiger partial charge in [0.1, 0.15) is 29.7 Å². The number of ketones is 1. The third-order valence-electron chi connectivity index (χ3n) is 14.2. The molecule has 0 unspecified atom stereocenters. The third-order valence-corrected chi connectivity index (χ3v) is 14.2. The summed E-state index contributed by atoms with van der Waals surface area (Å²) in [5.74, 6) is -6.75. The van der Waals surface area contributed by atoms with E-state index in [1.165, 1.54) is 50.2 Å². The van der Waals surface area contributed by atoms with Crippen LogP contribution in [0.25, 0.3) is 0 Å². The first-order valence-corrected chi connectivity index (χ1v) is 23.0. The number of fused-ring (bicyclic) bond motifs is 5. The zero-order valence-electron chi connectivity index (χ0n) is 39.6. The fourth-order valence-electron chi connectivity index (χ4n) is 10.5. The zero-order chi connectivity index (χ0) is 50.1. The maximum absolute atomic E-state index is 15.6. The van der Waals surface area contributed by atoms with Crippen molar-refractivity contribution in [1.29, 1.82) is 0 Å². The van der Waals surface area contributed by atoms with Gasteiger partial charge < -0.3 is 48.1 Å².